The van der Waals surface area contributed by atoms with Crippen LogP contribution >= 0.6 is 11.8 Å². The lowest BCUT2D eigenvalue weighted by molar-refractivity contribution is -0.115. The number of hydrogen-bond donors (Lipinski definition) is 1. The molecule has 0 atom stereocenters. The van der Waals surface area contributed by atoms with E-state index in [1.165, 1.54) is 4.90 Å². The van der Waals surface area contributed by atoms with E-state index in [2.05, 4.69) is 29.4 Å². The second-order valence-corrected chi connectivity index (χ2v) is 6.43. The Kier molecular flexibility index (Phi) is 5.83. The Hall–Kier alpha value is -2.01. The molecule has 4 nitrogen and oxygen atoms in total. The minimum Gasteiger partial charge on any atom is -0.375 e. The summed E-state index contributed by atoms with van der Waals surface area (Å²) >= 11 is 1.78. The van der Waals surface area contributed by atoms with Crippen LogP contribution in [0.4, 0.5) is 11.4 Å². The summed E-state index contributed by atoms with van der Waals surface area (Å²) in [5, 5.41) is 2.96. The van der Waals surface area contributed by atoms with Gasteiger partial charge in [0, 0.05) is 25.2 Å². The summed E-state index contributed by atoms with van der Waals surface area (Å²) in [5.74, 6) is 1.01. The van der Waals surface area contributed by atoms with Crippen molar-refractivity contribution in [1.82, 2.24) is 4.98 Å². The SMILES string of the molecule is CCSc1cccc(CC(=O)Nc2ccncc2N(C)C)c1. The monoisotopic (exact) mass is 315 g/mol. The average Bonchev–Trinajstić information content (AvgIpc) is 2.48. The molecule has 0 aliphatic heterocycles. The van der Waals surface area contributed by atoms with Crippen LogP contribution in [0.2, 0.25) is 0 Å². The van der Waals surface area contributed by atoms with Gasteiger partial charge < -0.3 is 10.2 Å². The molecule has 2 rings (SSSR count). The highest BCUT2D eigenvalue weighted by molar-refractivity contribution is 7.99. The highest BCUT2D eigenvalue weighted by atomic mass is 32.2. The van der Waals surface area contributed by atoms with Gasteiger partial charge in [-0.2, -0.15) is 0 Å². The Morgan fingerprint density at radius 2 is 2.14 bits per heavy atom. The topological polar surface area (TPSA) is 45.2 Å². The van der Waals surface area contributed by atoms with Gasteiger partial charge in [-0.1, -0.05) is 19.1 Å². The van der Waals surface area contributed by atoms with Crippen molar-refractivity contribution in [2.75, 3.05) is 30.1 Å². The molecule has 1 amide bonds. The zero-order valence-corrected chi connectivity index (χ0v) is 14.0. The number of amides is 1. The van der Waals surface area contributed by atoms with Crippen molar-refractivity contribution < 1.29 is 4.79 Å². The molecule has 0 saturated heterocycles. The summed E-state index contributed by atoms with van der Waals surface area (Å²) in [4.78, 5) is 19.5. The lowest BCUT2D eigenvalue weighted by Gasteiger charge is -2.17. The summed E-state index contributed by atoms with van der Waals surface area (Å²) in [7, 11) is 3.86. The maximum absolute atomic E-state index is 12.3. The second kappa shape index (κ2) is 7.84. The number of aromatic nitrogens is 1. The Balaban J connectivity index is 2.06. The van der Waals surface area contributed by atoms with Crippen molar-refractivity contribution >= 4 is 29.0 Å². The van der Waals surface area contributed by atoms with Crippen LogP contribution in [0.5, 0.6) is 0 Å². The largest absolute Gasteiger partial charge is 0.375 e. The second-order valence-electron chi connectivity index (χ2n) is 5.09. The molecule has 0 saturated carbocycles. The van der Waals surface area contributed by atoms with Gasteiger partial charge in [0.2, 0.25) is 5.91 Å². The number of hydrogen-bond acceptors (Lipinski definition) is 4. The summed E-state index contributed by atoms with van der Waals surface area (Å²) in [6.07, 6.45) is 3.79. The molecule has 0 aliphatic rings. The van der Waals surface area contributed by atoms with Gasteiger partial charge >= 0.3 is 0 Å². The van der Waals surface area contributed by atoms with Crippen molar-refractivity contribution in [2.45, 2.75) is 18.2 Å². The van der Waals surface area contributed by atoms with Gasteiger partial charge in [0.15, 0.2) is 0 Å². The normalized spacial score (nSPS) is 10.3. The molecule has 0 spiro atoms. The molecule has 0 fully saturated rings. The Labute approximate surface area is 135 Å². The first-order valence-electron chi connectivity index (χ1n) is 7.23. The van der Waals surface area contributed by atoms with E-state index in [4.69, 9.17) is 0 Å². The van der Waals surface area contributed by atoms with Crippen LogP contribution in [0.25, 0.3) is 0 Å². The van der Waals surface area contributed by atoms with E-state index in [1.807, 2.05) is 37.2 Å². The Bertz CT molecular complexity index is 643. The van der Waals surface area contributed by atoms with E-state index in [1.54, 1.807) is 24.2 Å². The highest BCUT2D eigenvalue weighted by Crippen LogP contribution is 2.23. The molecular formula is C17H21N3OS. The van der Waals surface area contributed by atoms with E-state index in [0.717, 1.165) is 22.7 Å². The van der Waals surface area contributed by atoms with Crippen molar-refractivity contribution in [1.29, 1.82) is 0 Å². The highest BCUT2D eigenvalue weighted by Gasteiger charge is 2.09. The lowest BCUT2D eigenvalue weighted by atomic mass is 10.1. The van der Waals surface area contributed by atoms with Gasteiger partial charge in [0.25, 0.3) is 0 Å². The van der Waals surface area contributed by atoms with Gasteiger partial charge in [-0.05, 0) is 29.5 Å². The minimum absolute atomic E-state index is 0.0204. The first-order valence-corrected chi connectivity index (χ1v) is 8.21. The molecule has 0 aliphatic carbocycles. The van der Waals surface area contributed by atoms with Crippen LogP contribution < -0.4 is 10.2 Å². The predicted molar refractivity (Wildman–Crippen MR) is 93.7 cm³/mol. The van der Waals surface area contributed by atoms with Gasteiger partial charge in [0.05, 0.1) is 24.0 Å². The number of rotatable bonds is 6. The molecule has 1 N–H and O–H groups in total. The van der Waals surface area contributed by atoms with Crippen LogP contribution in [-0.2, 0) is 11.2 Å². The summed E-state index contributed by atoms with van der Waals surface area (Å²) in [6, 6.07) is 9.95. The third-order valence-electron chi connectivity index (χ3n) is 3.13. The quantitative estimate of drug-likeness (QED) is 0.830. The molecular weight excluding hydrogens is 294 g/mol. The van der Waals surface area contributed by atoms with Gasteiger partial charge in [-0.15, -0.1) is 11.8 Å². The van der Waals surface area contributed by atoms with Crippen LogP contribution in [0, 0.1) is 0 Å². The van der Waals surface area contributed by atoms with Crippen molar-refractivity contribution in [3.8, 4) is 0 Å². The van der Waals surface area contributed by atoms with E-state index in [0.29, 0.717) is 6.42 Å². The Morgan fingerprint density at radius 1 is 1.32 bits per heavy atom. The van der Waals surface area contributed by atoms with Gasteiger partial charge in [0.1, 0.15) is 0 Å². The van der Waals surface area contributed by atoms with Crippen LogP contribution in [0.1, 0.15) is 12.5 Å². The third kappa shape index (κ3) is 4.49. The smallest absolute Gasteiger partial charge is 0.228 e. The number of thioether (sulfide) groups is 1. The maximum atomic E-state index is 12.3. The van der Waals surface area contributed by atoms with Gasteiger partial charge in [-0.3, -0.25) is 9.78 Å². The summed E-state index contributed by atoms with van der Waals surface area (Å²) < 4.78 is 0. The van der Waals surface area contributed by atoms with Crippen molar-refractivity contribution in [3.63, 3.8) is 0 Å². The van der Waals surface area contributed by atoms with Crippen LogP contribution in [-0.4, -0.2) is 30.7 Å². The lowest BCUT2D eigenvalue weighted by Crippen LogP contribution is -2.18. The number of pyridine rings is 1. The van der Waals surface area contributed by atoms with E-state index >= 15 is 0 Å². The number of nitrogens with one attached hydrogen (secondary N) is 1. The molecule has 116 valence electrons. The predicted octanol–water partition coefficient (Wildman–Crippen LogP) is 3.44. The number of carbonyl (C=O) groups excluding carboxylic acids is 1. The molecule has 0 unspecified atom stereocenters. The number of benzene rings is 1. The molecule has 5 heteroatoms. The Morgan fingerprint density at radius 3 is 2.86 bits per heavy atom. The molecule has 0 bridgehead atoms. The minimum atomic E-state index is -0.0204. The number of nitrogens with zero attached hydrogens (tertiary/aromatic N) is 2. The first-order chi connectivity index (χ1) is 10.6. The van der Waals surface area contributed by atoms with Crippen molar-refractivity contribution in [3.05, 3.63) is 48.3 Å². The molecule has 2 aromatic rings. The molecule has 0 radical (unpaired) electrons. The zero-order valence-electron chi connectivity index (χ0n) is 13.2. The third-order valence-corrected chi connectivity index (χ3v) is 4.01. The van der Waals surface area contributed by atoms with Crippen LogP contribution in [0.15, 0.2) is 47.6 Å². The van der Waals surface area contributed by atoms with Crippen LogP contribution in [0.3, 0.4) is 0 Å². The standard InChI is InChI=1S/C17H21N3OS/c1-4-22-14-7-5-6-13(10-14)11-17(21)19-15-8-9-18-12-16(15)20(2)3/h5-10,12H,4,11H2,1-3H3,(H,18,19,21). The fraction of sp³-hybridized carbons (Fsp3) is 0.294. The number of carbonyl (C=O) groups is 1. The van der Waals surface area contributed by atoms with E-state index in [-0.39, 0.29) is 5.91 Å². The summed E-state index contributed by atoms with van der Waals surface area (Å²) in [6.45, 7) is 2.12. The fourth-order valence-corrected chi connectivity index (χ4v) is 2.88. The van der Waals surface area contributed by atoms with Gasteiger partial charge in [-0.25, -0.2) is 0 Å². The molecule has 1 aromatic heterocycles. The summed E-state index contributed by atoms with van der Waals surface area (Å²) in [5.41, 5.74) is 2.70. The zero-order chi connectivity index (χ0) is 15.9. The molecule has 22 heavy (non-hydrogen) atoms. The fourth-order valence-electron chi connectivity index (χ4n) is 2.14. The number of anilines is 2. The van der Waals surface area contributed by atoms with E-state index in [9.17, 15) is 4.79 Å². The maximum Gasteiger partial charge on any atom is 0.228 e. The van der Waals surface area contributed by atoms with E-state index < -0.39 is 0 Å². The first kappa shape index (κ1) is 16.4. The van der Waals surface area contributed by atoms with Crippen molar-refractivity contribution in [2.24, 2.45) is 0 Å². The molecule has 1 heterocycles. The molecule has 1 aromatic carbocycles. The average molecular weight is 315 g/mol.